The van der Waals surface area contributed by atoms with E-state index in [-0.39, 0.29) is 10.6 Å². The lowest BCUT2D eigenvalue weighted by Gasteiger charge is -2.21. The molecule has 0 fully saturated rings. The first kappa shape index (κ1) is 27.4. The first-order chi connectivity index (χ1) is 18.4. The fourth-order valence-electron chi connectivity index (χ4n) is 4.36. The third-order valence-electron chi connectivity index (χ3n) is 6.42. The molecule has 0 spiro atoms. The maximum atomic E-state index is 13.4. The Morgan fingerprint density at radius 1 is 0.921 bits per heavy atom. The van der Waals surface area contributed by atoms with Crippen LogP contribution in [0.15, 0.2) is 71.7 Å². The zero-order valence-electron chi connectivity index (χ0n) is 21.6. The SMILES string of the molecule is CCCCOc1c2ccccc2c(OCCCC)c2cc(S(=O)(=O)OC(C#N)C3C=CC=CC3=N)ccc12. The Balaban J connectivity index is 1.83. The van der Waals surface area contributed by atoms with Crippen LogP contribution in [0.3, 0.4) is 0 Å². The van der Waals surface area contributed by atoms with Crippen molar-refractivity contribution in [2.75, 3.05) is 13.2 Å². The second-order valence-electron chi connectivity index (χ2n) is 9.14. The fourth-order valence-corrected chi connectivity index (χ4v) is 5.40. The molecule has 1 aliphatic carbocycles. The van der Waals surface area contributed by atoms with Gasteiger partial charge in [-0.15, -0.1) is 0 Å². The van der Waals surface area contributed by atoms with E-state index in [0.29, 0.717) is 30.1 Å². The van der Waals surface area contributed by atoms with Crippen molar-refractivity contribution in [2.45, 2.75) is 50.5 Å². The highest BCUT2D eigenvalue weighted by atomic mass is 32.2. The quantitative estimate of drug-likeness (QED) is 0.158. The zero-order chi connectivity index (χ0) is 27.1. The van der Waals surface area contributed by atoms with E-state index < -0.39 is 22.1 Å². The van der Waals surface area contributed by atoms with Crippen molar-refractivity contribution in [3.63, 3.8) is 0 Å². The number of nitrogens with one attached hydrogen (secondary N) is 1. The van der Waals surface area contributed by atoms with Crippen LogP contribution in [0.5, 0.6) is 11.5 Å². The van der Waals surface area contributed by atoms with Gasteiger partial charge in [-0.1, -0.05) is 69.2 Å². The average molecular weight is 533 g/mol. The van der Waals surface area contributed by atoms with Crippen molar-refractivity contribution in [3.05, 3.63) is 66.8 Å². The van der Waals surface area contributed by atoms with Crippen LogP contribution in [0.25, 0.3) is 21.5 Å². The fraction of sp³-hybridized carbons (Fsp3) is 0.333. The molecule has 3 aromatic rings. The summed E-state index contributed by atoms with van der Waals surface area (Å²) in [6.07, 6.45) is 8.76. The summed E-state index contributed by atoms with van der Waals surface area (Å²) in [4.78, 5) is -0.0951. The van der Waals surface area contributed by atoms with Crippen LogP contribution in [-0.2, 0) is 14.3 Å². The monoisotopic (exact) mass is 532 g/mol. The number of nitrogens with zero attached hydrogens (tertiary/aromatic N) is 1. The summed E-state index contributed by atoms with van der Waals surface area (Å²) in [7, 11) is -4.34. The number of fused-ring (bicyclic) bond motifs is 2. The molecule has 198 valence electrons. The molecule has 38 heavy (non-hydrogen) atoms. The molecule has 0 heterocycles. The molecule has 0 saturated carbocycles. The number of allylic oxidation sites excluding steroid dienone is 3. The van der Waals surface area contributed by atoms with Crippen molar-refractivity contribution >= 4 is 37.4 Å². The molecule has 2 unspecified atom stereocenters. The van der Waals surface area contributed by atoms with Crippen molar-refractivity contribution < 1.29 is 22.1 Å². The molecule has 7 nitrogen and oxygen atoms in total. The molecular weight excluding hydrogens is 500 g/mol. The predicted octanol–water partition coefficient (Wildman–Crippen LogP) is 6.71. The van der Waals surface area contributed by atoms with Crippen LogP contribution in [0.1, 0.15) is 39.5 Å². The summed E-state index contributed by atoms with van der Waals surface area (Å²) in [5, 5.41) is 20.8. The molecule has 4 rings (SSSR count). The summed E-state index contributed by atoms with van der Waals surface area (Å²) >= 11 is 0. The number of ether oxygens (including phenoxy) is 2. The van der Waals surface area contributed by atoms with E-state index in [4.69, 9.17) is 19.1 Å². The first-order valence-corrected chi connectivity index (χ1v) is 14.3. The lowest BCUT2D eigenvalue weighted by atomic mass is 9.94. The van der Waals surface area contributed by atoms with Gasteiger partial charge < -0.3 is 14.9 Å². The summed E-state index contributed by atoms with van der Waals surface area (Å²) in [6, 6.07) is 14.4. The van der Waals surface area contributed by atoms with Crippen LogP contribution >= 0.6 is 0 Å². The van der Waals surface area contributed by atoms with Gasteiger partial charge in [-0.05, 0) is 37.1 Å². The maximum absolute atomic E-state index is 13.4. The molecule has 0 amide bonds. The smallest absolute Gasteiger partial charge is 0.298 e. The summed E-state index contributed by atoms with van der Waals surface area (Å²) in [6.45, 7) is 5.19. The van der Waals surface area contributed by atoms with Gasteiger partial charge in [-0.2, -0.15) is 13.7 Å². The minimum atomic E-state index is -4.34. The zero-order valence-corrected chi connectivity index (χ0v) is 22.5. The van der Waals surface area contributed by atoms with Gasteiger partial charge in [0.15, 0.2) is 6.10 Å². The van der Waals surface area contributed by atoms with Gasteiger partial charge in [0.25, 0.3) is 10.1 Å². The molecule has 8 heteroatoms. The van der Waals surface area contributed by atoms with Gasteiger partial charge >= 0.3 is 0 Å². The van der Waals surface area contributed by atoms with Gasteiger partial charge in [-0.25, -0.2) is 4.18 Å². The Kier molecular flexibility index (Phi) is 8.82. The van der Waals surface area contributed by atoms with E-state index in [0.717, 1.165) is 41.8 Å². The molecule has 0 radical (unpaired) electrons. The molecule has 0 saturated heterocycles. The van der Waals surface area contributed by atoms with E-state index in [1.165, 1.54) is 18.2 Å². The number of nitriles is 1. The van der Waals surface area contributed by atoms with Crippen LogP contribution in [0, 0.1) is 22.7 Å². The highest BCUT2D eigenvalue weighted by Gasteiger charge is 2.31. The minimum Gasteiger partial charge on any atom is -0.492 e. The van der Waals surface area contributed by atoms with E-state index in [1.54, 1.807) is 24.3 Å². The molecular formula is C30H32N2O5S. The van der Waals surface area contributed by atoms with Gasteiger partial charge in [-0.3, -0.25) is 0 Å². The van der Waals surface area contributed by atoms with Crippen molar-refractivity contribution in [3.8, 4) is 17.6 Å². The molecule has 1 aliphatic rings. The minimum absolute atomic E-state index is 0.0951. The Hall–Kier alpha value is -3.67. The largest absolute Gasteiger partial charge is 0.492 e. The molecule has 0 aromatic heterocycles. The Morgan fingerprint density at radius 3 is 2.11 bits per heavy atom. The first-order valence-electron chi connectivity index (χ1n) is 12.9. The van der Waals surface area contributed by atoms with E-state index >= 15 is 0 Å². The summed E-state index contributed by atoms with van der Waals surface area (Å²) < 4.78 is 44.6. The van der Waals surface area contributed by atoms with Crippen molar-refractivity contribution in [1.29, 1.82) is 10.7 Å². The number of rotatable bonds is 12. The van der Waals surface area contributed by atoms with E-state index in [2.05, 4.69) is 13.8 Å². The van der Waals surface area contributed by atoms with E-state index in [1.807, 2.05) is 30.3 Å². The summed E-state index contributed by atoms with van der Waals surface area (Å²) in [5.41, 5.74) is 0.111. The van der Waals surface area contributed by atoms with Gasteiger partial charge in [0.05, 0.1) is 30.1 Å². The standard InChI is InChI=1S/C30H32N2O5S/c1-3-5-17-35-29-22-11-7-8-12-23(22)30(36-18-6-4-2)26-19-21(15-16-24(26)29)38(33,34)37-28(20-31)25-13-9-10-14-27(25)32/h7-16,19,25,28,32H,3-6,17-18H2,1-2H3. The number of hydrogen-bond acceptors (Lipinski definition) is 7. The van der Waals surface area contributed by atoms with Crippen LogP contribution in [0.2, 0.25) is 0 Å². The Bertz CT molecular complexity index is 1540. The number of hydrogen-bond donors (Lipinski definition) is 1. The van der Waals surface area contributed by atoms with Gasteiger partial charge in [0.2, 0.25) is 0 Å². The lowest BCUT2D eigenvalue weighted by Crippen LogP contribution is -2.30. The average Bonchev–Trinajstić information content (AvgIpc) is 2.93. The molecule has 0 bridgehead atoms. The third-order valence-corrected chi connectivity index (χ3v) is 7.71. The Morgan fingerprint density at radius 2 is 1.53 bits per heavy atom. The van der Waals surface area contributed by atoms with Crippen molar-refractivity contribution in [2.24, 2.45) is 5.92 Å². The molecule has 3 aromatic carbocycles. The predicted molar refractivity (Wildman–Crippen MR) is 149 cm³/mol. The topological polar surface area (TPSA) is 109 Å². The third kappa shape index (κ3) is 5.74. The second kappa shape index (κ2) is 12.2. The molecule has 1 N–H and O–H groups in total. The van der Waals surface area contributed by atoms with Gasteiger partial charge in [0.1, 0.15) is 11.5 Å². The van der Waals surface area contributed by atoms with Crippen molar-refractivity contribution in [1.82, 2.24) is 0 Å². The van der Waals surface area contributed by atoms with Crippen LogP contribution in [-0.4, -0.2) is 33.4 Å². The maximum Gasteiger partial charge on any atom is 0.298 e. The van der Waals surface area contributed by atoms with E-state index in [9.17, 15) is 13.7 Å². The summed E-state index contributed by atoms with van der Waals surface area (Å²) in [5.74, 6) is 0.484. The van der Waals surface area contributed by atoms with Crippen LogP contribution < -0.4 is 9.47 Å². The molecule has 0 aliphatic heterocycles. The number of benzene rings is 3. The Labute approximate surface area is 224 Å². The van der Waals surface area contributed by atoms with Crippen LogP contribution in [0.4, 0.5) is 0 Å². The normalized spacial score (nSPS) is 16.0. The highest BCUT2D eigenvalue weighted by Crippen LogP contribution is 2.44. The number of unbranched alkanes of at least 4 members (excludes halogenated alkanes) is 2. The lowest BCUT2D eigenvalue weighted by molar-refractivity contribution is 0.243. The highest BCUT2D eigenvalue weighted by molar-refractivity contribution is 7.86. The van der Waals surface area contributed by atoms with Gasteiger partial charge in [0, 0.05) is 27.3 Å². The second-order valence-corrected chi connectivity index (χ2v) is 10.7. The molecule has 2 atom stereocenters.